The summed E-state index contributed by atoms with van der Waals surface area (Å²) in [5, 5.41) is 0. The fourth-order valence-corrected chi connectivity index (χ4v) is 0.836. The van der Waals surface area contributed by atoms with Gasteiger partial charge in [-0.05, 0) is 20.9 Å². The molecule has 0 heterocycles. The van der Waals surface area contributed by atoms with Crippen molar-refractivity contribution in [3.8, 4) is 11.8 Å². The highest BCUT2D eigenvalue weighted by Crippen LogP contribution is 1.92. The summed E-state index contributed by atoms with van der Waals surface area (Å²) in [6, 6.07) is 0.584. The summed E-state index contributed by atoms with van der Waals surface area (Å²) in [4.78, 5) is 2.26. The summed E-state index contributed by atoms with van der Waals surface area (Å²) in [6.07, 6.45) is 0. The second-order valence-corrected chi connectivity index (χ2v) is 4.10. The third-order valence-electron chi connectivity index (χ3n) is 2.03. The van der Waals surface area contributed by atoms with Crippen molar-refractivity contribution in [2.45, 2.75) is 33.7 Å². The second-order valence-electron chi connectivity index (χ2n) is 4.10. The third kappa shape index (κ3) is 8.10. The van der Waals surface area contributed by atoms with Gasteiger partial charge in [-0.2, -0.15) is 0 Å². The van der Waals surface area contributed by atoms with Gasteiger partial charge in [-0.25, -0.2) is 0 Å². The smallest absolute Gasteiger partial charge is 0.107 e. The lowest BCUT2D eigenvalue weighted by Gasteiger charge is -2.20. The molecule has 0 spiro atoms. The van der Waals surface area contributed by atoms with Crippen LogP contribution in [0.2, 0.25) is 0 Å². The summed E-state index contributed by atoms with van der Waals surface area (Å²) in [6.45, 7) is 10.8. The first-order valence-electron chi connectivity index (χ1n) is 5.30. The molecule has 0 saturated carbocycles. The molecular weight excluding hydrogens is 174 g/mol. The zero-order valence-corrected chi connectivity index (χ0v) is 10.1. The molecular formula is C12H23NO. The van der Waals surface area contributed by atoms with Crippen LogP contribution in [0.1, 0.15) is 27.7 Å². The van der Waals surface area contributed by atoms with Gasteiger partial charge >= 0.3 is 0 Å². The van der Waals surface area contributed by atoms with E-state index in [4.69, 9.17) is 4.74 Å². The Labute approximate surface area is 88.6 Å². The van der Waals surface area contributed by atoms with Crippen molar-refractivity contribution in [3.63, 3.8) is 0 Å². The Balaban J connectivity index is 3.35. The van der Waals surface area contributed by atoms with E-state index in [1.165, 1.54) is 0 Å². The Bertz CT molecular complexity index is 188. The van der Waals surface area contributed by atoms with Crippen LogP contribution in [0.3, 0.4) is 0 Å². The van der Waals surface area contributed by atoms with Crippen molar-refractivity contribution in [2.24, 2.45) is 5.92 Å². The molecule has 0 aromatic heterocycles. The van der Waals surface area contributed by atoms with Gasteiger partial charge in [-0.15, -0.1) is 0 Å². The van der Waals surface area contributed by atoms with Gasteiger partial charge in [0.2, 0.25) is 0 Å². The molecule has 0 saturated heterocycles. The topological polar surface area (TPSA) is 12.5 Å². The molecule has 0 aliphatic heterocycles. The van der Waals surface area contributed by atoms with Crippen LogP contribution in [-0.4, -0.2) is 37.7 Å². The average Bonchev–Trinajstić information content (AvgIpc) is 2.09. The number of rotatable bonds is 5. The molecule has 0 aromatic carbocycles. The number of ether oxygens (including phenoxy) is 1. The van der Waals surface area contributed by atoms with Gasteiger partial charge in [0.15, 0.2) is 0 Å². The van der Waals surface area contributed by atoms with E-state index >= 15 is 0 Å². The average molecular weight is 197 g/mol. The van der Waals surface area contributed by atoms with Gasteiger partial charge in [-0.1, -0.05) is 25.7 Å². The molecule has 2 heteroatoms. The van der Waals surface area contributed by atoms with Gasteiger partial charge in [0, 0.05) is 18.5 Å². The van der Waals surface area contributed by atoms with E-state index in [0.29, 0.717) is 18.6 Å². The van der Waals surface area contributed by atoms with E-state index in [-0.39, 0.29) is 0 Å². The van der Waals surface area contributed by atoms with Crippen LogP contribution in [0.25, 0.3) is 0 Å². The van der Waals surface area contributed by atoms with E-state index in [0.717, 1.165) is 13.2 Å². The van der Waals surface area contributed by atoms with Crippen molar-refractivity contribution in [3.05, 3.63) is 0 Å². The van der Waals surface area contributed by atoms with Crippen LogP contribution < -0.4 is 0 Å². The fourth-order valence-electron chi connectivity index (χ4n) is 0.836. The minimum Gasteiger partial charge on any atom is -0.367 e. The first-order valence-corrected chi connectivity index (χ1v) is 5.30. The molecule has 0 unspecified atom stereocenters. The zero-order chi connectivity index (χ0) is 11.0. The van der Waals surface area contributed by atoms with Crippen LogP contribution in [0.15, 0.2) is 0 Å². The maximum Gasteiger partial charge on any atom is 0.107 e. The summed E-state index contributed by atoms with van der Waals surface area (Å²) in [5.41, 5.74) is 0. The summed E-state index contributed by atoms with van der Waals surface area (Å²) in [5.74, 6) is 6.51. The lowest BCUT2D eigenvalue weighted by molar-refractivity contribution is 0.126. The zero-order valence-electron chi connectivity index (χ0n) is 10.1. The molecule has 0 rings (SSSR count). The molecule has 14 heavy (non-hydrogen) atoms. The highest BCUT2D eigenvalue weighted by Gasteiger charge is 2.00. The Hall–Kier alpha value is -0.520. The molecule has 0 N–H and O–H groups in total. The molecule has 0 amide bonds. The first kappa shape index (κ1) is 13.5. The van der Waals surface area contributed by atoms with Crippen molar-refractivity contribution in [1.29, 1.82) is 0 Å². The predicted octanol–water partition coefficient (Wildman–Crippen LogP) is 2.00. The SMILES string of the molecule is CC(C)C#CCOCCN(C)C(C)C. The largest absolute Gasteiger partial charge is 0.367 e. The van der Waals surface area contributed by atoms with Gasteiger partial charge in [0.1, 0.15) is 6.61 Å². The first-order chi connectivity index (χ1) is 6.54. The summed E-state index contributed by atoms with van der Waals surface area (Å²) >= 11 is 0. The van der Waals surface area contributed by atoms with Crippen molar-refractivity contribution in [2.75, 3.05) is 26.8 Å². The molecule has 0 aromatic rings. The van der Waals surface area contributed by atoms with Crippen LogP contribution in [0.4, 0.5) is 0 Å². The normalized spacial score (nSPS) is 10.9. The van der Waals surface area contributed by atoms with Crippen molar-refractivity contribution in [1.82, 2.24) is 4.90 Å². The Morgan fingerprint density at radius 1 is 1.21 bits per heavy atom. The molecule has 2 nitrogen and oxygen atoms in total. The minimum atomic E-state index is 0.442. The molecule has 0 radical (unpaired) electrons. The van der Waals surface area contributed by atoms with E-state index in [1.54, 1.807) is 0 Å². The standard InChI is InChI=1S/C12H23NO/c1-11(2)7-6-9-14-10-8-13(5)12(3)4/h11-12H,8-10H2,1-5H3. The Morgan fingerprint density at radius 3 is 2.36 bits per heavy atom. The third-order valence-corrected chi connectivity index (χ3v) is 2.03. The van der Waals surface area contributed by atoms with E-state index in [1.807, 2.05) is 0 Å². The molecule has 0 fully saturated rings. The highest BCUT2D eigenvalue weighted by molar-refractivity contribution is 5.01. The number of hydrogen-bond acceptors (Lipinski definition) is 2. The maximum atomic E-state index is 5.39. The van der Waals surface area contributed by atoms with Crippen molar-refractivity contribution >= 4 is 0 Å². The number of nitrogens with zero attached hydrogens (tertiary/aromatic N) is 1. The van der Waals surface area contributed by atoms with Gasteiger partial charge in [0.25, 0.3) is 0 Å². The quantitative estimate of drug-likeness (QED) is 0.494. The van der Waals surface area contributed by atoms with Gasteiger partial charge in [-0.3, -0.25) is 0 Å². The molecule has 82 valence electrons. The van der Waals surface area contributed by atoms with Crippen molar-refractivity contribution < 1.29 is 4.74 Å². The van der Waals surface area contributed by atoms with E-state index in [2.05, 4.69) is 51.5 Å². The number of likely N-dealkylation sites (N-methyl/N-ethyl adjacent to an activating group) is 1. The fraction of sp³-hybridized carbons (Fsp3) is 0.833. The number of hydrogen-bond donors (Lipinski definition) is 0. The lowest BCUT2D eigenvalue weighted by atomic mass is 10.2. The molecule has 0 atom stereocenters. The van der Waals surface area contributed by atoms with Gasteiger partial charge < -0.3 is 9.64 Å². The summed E-state index contributed by atoms with van der Waals surface area (Å²) < 4.78 is 5.39. The highest BCUT2D eigenvalue weighted by atomic mass is 16.5. The van der Waals surface area contributed by atoms with Gasteiger partial charge in [0.05, 0.1) is 6.61 Å². The maximum absolute atomic E-state index is 5.39. The Kier molecular flexibility index (Phi) is 7.55. The summed E-state index contributed by atoms with van der Waals surface area (Å²) in [7, 11) is 2.10. The monoisotopic (exact) mass is 197 g/mol. The predicted molar refractivity (Wildman–Crippen MR) is 61.2 cm³/mol. The van der Waals surface area contributed by atoms with Crippen LogP contribution in [-0.2, 0) is 4.74 Å². The molecule has 0 aliphatic rings. The second kappa shape index (κ2) is 7.84. The minimum absolute atomic E-state index is 0.442. The molecule has 0 bridgehead atoms. The van der Waals surface area contributed by atoms with E-state index in [9.17, 15) is 0 Å². The van der Waals surface area contributed by atoms with Crippen LogP contribution in [0, 0.1) is 17.8 Å². The molecule has 0 aliphatic carbocycles. The van der Waals surface area contributed by atoms with Crippen LogP contribution in [0.5, 0.6) is 0 Å². The van der Waals surface area contributed by atoms with Crippen LogP contribution >= 0.6 is 0 Å². The lowest BCUT2D eigenvalue weighted by Crippen LogP contribution is -2.29. The van der Waals surface area contributed by atoms with E-state index < -0.39 is 0 Å². The Morgan fingerprint density at radius 2 is 1.86 bits per heavy atom.